The van der Waals surface area contributed by atoms with E-state index in [1.54, 1.807) is 0 Å². The van der Waals surface area contributed by atoms with E-state index in [1.807, 2.05) is 38.7 Å². The van der Waals surface area contributed by atoms with E-state index in [0.29, 0.717) is 5.69 Å². The topological polar surface area (TPSA) is 44.0 Å². The third kappa shape index (κ3) is 3.03. The molecular weight excluding hydrogens is 260 g/mol. The predicted octanol–water partition coefficient (Wildman–Crippen LogP) is 3.19. The Hall–Kier alpha value is -2.41. The maximum absolute atomic E-state index is 9.07. The van der Waals surface area contributed by atoms with Crippen LogP contribution in [-0.2, 0) is 13.6 Å². The molecule has 2 rings (SSSR count). The molecule has 0 radical (unpaired) electrons. The summed E-state index contributed by atoms with van der Waals surface area (Å²) in [4.78, 5) is 2.11. The standard InChI is InChI=1S/C17H22N4/c1-12-6-7-15(9-17(12)20(3)4)19-11-14-8-16(10-18)21(5)13(14)2/h6-9,19H,11H2,1-5H3. The monoisotopic (exact) mass is 282 g/mol. The van der Waals surface area contributed by atoms with Crippen LogP contribution in [0, 0.1) is 25.2 Å². The SMILES string of the molecule is Cc1ccc(NCc2cc(C#N)n(C)c2C)cc1N(C)C. The van der Waals surface area contributed by atoms with Crippen molar-refractivity contribution in [2.75, 3.05) is 24.3 Å². The number of nitrogens with one attached hydrogen (secondary N) is 1. The molecule has 0 spiro atoms. The molecule has 4 nitrogen and oxygen atoms in total. The second-order valence-corrected chi connectivity index (χ2v) is 5.56. The van der Waals surface area contributed by atoms with Gasteiger partial charge in [0.15, 0.2) is 0 Å². The lowest BCUT2D eigenvalue weighted by molar-refractivity contribution is 0.856. The number of aryl methyl sites for hydroxylation is 1. The summed E-state index contributed by atoms with van der Waals surface area (Å²) >= 11 is 0. The lowest BCUT2D eigenvalue weighted by atomic mass is 10.1. The molecule has 1 aromatic carbocycles. The Morgan fingerprint density at radius 3 is 2.52 bits per heavy atom. The molecule has 0 aliphatic carbocycles. The molecule has 0 unspecified atom stereocenters. The predicted molar refractivity (Wildman–Crippen MR) is 87.7 cm³/mol. The minimum Gasteiger partial charge on any atom is -0.381 e. The van der Waals surface area contributed by atoms with E-state index in [-0.39, 0.29) is 0 Å². The normalized spacial score (nSPS) is 10.3. The van der Waals surface area contributed by atoms with Gasteiger partial charge in [-0.15, -0.1) is 0 Å². The van der Waals surface area contributed by atoms with Gasteiger partial charge in [-0.25, -0.2) is 0 Å². The number of aromatic nitrogens is 1. The maximum atomic E-state index is 9.07. The summed E-state index contributed by atoms with van der Waals surface area (Å²) in [7, 11) is 6.02. The number of nitriles is 1. The maximum Gasteiger partial charge on any atom is 0.120 e. The minimum absolute atomic E-state index is 0.696. The molecule has 0 bridgehead atoms. The molecule has 4 heteroatoms. The molecular formula is C17H22N4. The number of hydrogen-bond donors (Lipinski definition) is 1. The zero-order valence-electron chi connectivity index (χ0n) is 13.4. The van der Waals surface area contributed by atoms with E-state index in [0.717, 1.165) is 23.5 Å². The average Bonchev–Trinajstić information content (AvgIpc) is 2.73. The van der Waals surface area contributed by atoms with Crippen molar-refractivity contribution in [3.05, 3.63) is 46.8 Å². The molecule has 0 amide bonds. The first-order valence-electron chi connectivity index (χ1n) is 7.01. The van der Waals surface area contributed by atoms with Gasteiger partial charge in [0.1, 0.15) is 11.8 Å². The first kappa shape index (κ1) is 15.0. The third-order valence-corrected chi connectivity index (χ3v) is 3.93. The van der Waals surface area contributed by atoms with Gasteiger partial charge >= 0.3 is 0 Å². The van der Waals surface area contributed by atoms with E-state index in [2.05, 4.69) is 41.4 Å². The smallest absolute Gasteiger partial charge is 0.120 e. The van der Waals surface area contributed by atoms with Crippen molar-refractivity contribution < 1.29 is 0 Å². The first-order valence-corrected chi connectivity index (χ1v) is 7.01. The van der Waals surface area contributed by atoms with Gasteiger partial charge in [-0.2, -0.15) is 5.26 Å². The Bertz CT molecular complexity index is 690. The van der Waals surface area contributed by atoms with Crippen LogP contribution in [0.2, 0.25) is 0 Å². The number of hydrogen-bond acceptors (Lipinski definition) is 3. The van der Waals surface area contributed by atoms with Crippen molar-refractivity contribution in [2.45, 2.75) is 20.4 Å². The van der Waals surface area contributed by atoms with Crippen LogP contribution in [0.1, 0.15) is 22.5 Å². The van der Waals surface area contributed by atoms with Gasteiger partial charge in [0.05, 0.1) is 0 Å². The number of rotatable bonds is 4. The molecule has 1 heterocycles. The highest BCUT2D eigenvalue weighted by Crippen LogP contribution is 2.23. The third-order valence-electron chi connectivity index (χ3n) is 3.93. The van der Waals surface area contributed by atoms with Crippen LogP contribution in [0.25, 0.3) is 0 Å². The fourth-order valence-corrected chi connectivity index (χ4v) is 2.45. The van der Waals surface area contributed by atoms with Crippen molar-refractivity contribution in [1.29, 1.82) is 5.26 Å². The van der Waals surface area contributed by atoms with Crippen LogP contribution in [0.15, 0.2) is 24.3 Å². The van der Waals surface area contributed by atoms with Gasteiger partial charge in [0.25, 0.3) is 0 Å². The van der Waals surface area contributed by atoms with Crippen LogP contribution in [0.3, 0.4) is 0 Å². The van der Waals surface area contributed by atoms with Gasteiger partial charge in [-0.05, 0) is 43.2 Å². The lowest BCUT2D eigenvalue weighted by Crippen LogP contribution is -2.11. The van der Waals surface area contributed by atoms with Gasteiger partial charge in [-0.1, -0.05) is 6.07 Å². The molecule has 1 aromatic heterocycles. The first-order chi connectivity index (χ1) is 9.93. The summed E-state index contributed by atoms with van der Waals surface area (Å²) in [5.41, 5.74) is 6.53. The summed E-state index contributed by atoms with van der Waals surface area (Å²) in [6, 6.07) is 10.5. The van der Waals surface area contributed by atoms with Crippen molar-refractivity contribution in [3.63, 3.8) is 0 Å². The zero-order valence-corrected chi connectivity index (χ0v) is 13.4. The number of benzene rings is 1. The number of anilines is 2. The minimum atomic E-state index is 0.696. The molecule has 0 saturated carbocycles. The highest BCUT2D eigenvalue weighted by atomic mass is 15.1. The van der Waals surface area contributed by atoms with Crippen molar-refractivity contribution in [1.82, 2.24) is 4.57 Å². The zero-order chi connectivity index (χ0) is 15.6. The van der Waals surface area contributed by atoms with Crippen molar-refractivity contribution in [2.24, 2.45) is 7.05 Å². The van der Waals surface area contributed by atoms with E-state index in [1.165, 1.54) is 11.3 Å². The van der Waals surface area contributed by atoms with E-state index < -0.39 is 0 Å². The molecule has 0 fully saturated rings. The van der Waals surface area contributed by atoms with Crippen LogP contribution < -0.4 is 10.2 Å². The molecule has 2 aromatic rings. The second-order valence-electron chi connectivity index (χ2n) is 5.56. The Morgan fingerprint density at radius 1 is 1.24 bits per heavy atom. The van der Waals surface area contributed by atoms with Crippen LogP contribution in [-0.4, -0.2) is 18.7 Å². The molecule has 0 atom stereocenters. The molecule has 0 aliphatic rings. The highest BCUT2D eigenvalue weighted by molar-refractivity contribution is 5.62. The Morgan fingerprint density at radius 2 is 1.95 bits per heavy atom. The molecule has 110 valence electrons. The van der Waals surface area contributed by atoms with Gasteiger partial charge in [-0.3, -0.25) is 0 Å². The average molecular weight is 282 g/mol. The Labute approximate surface area is 126 Å². The van der Waals surface area contributed by atoms with Gasteiger partial charge < -0.3 is 14.8 Å². The summed E-state index contributed by atoms with van der Waals surface area (Å²) < 4.78 is 1.93. The second kappa shape index (κ2) is 5.92. The largest absolute Gasteiger partial charge is 0.381 e. The molecule has 1 N–H and O–H groups in total. The lowest BCUT2D eigenvalue weighted by Gasteiger charge is -2.17. The van der Waals surface area contributed by atoms with Crippen LogP contribution in [0.5, 0.6) is 0 Å². The Balaban J connectivity index is 2.17. The quantitative estimate of drug-likeness (QED) is 0.936. The van der Waals surface area contributed by atoms with Crippen LogP contribution in [0.4, 0.5) is 11.4 Å². The summed E-state index contributed by atoms with van der Waals surface area (Å²) in [6.45, 7) is 4.87. The van der Waals surface area contributed by atoms with E-state index in [9.17, 15) is 0 Å². The van der Waals surface area contributed by atoms with Crippen LogP contribution >= 0.6 is 0 Å². The van der Waals surface area contributed by atoms with Gasteiger partial charge in [0.2, 0.25) is 0 Å². The molecule has 0 aliphatic heterocycles. The molecule has 21 heavy (non-hydrogen) atoms. The Kier molecular flexibility index (Phi) is 4.23. The summed E-state index contributed by atoms with van der Waals surface area (Å²) in [6.07, 6.45) is 0. The van der Waals surface area contributed by atoms with Gasteiger partial charge in [0, 0.05) is 44.8 Å². The van der Waals surface area contributed by atoms with Crippen molar-refractivity contribution >= 4 is 11.4 Å². The highest BCUT2D eigenvalue weighted by Gasteiger charge is 2.09. The molecule has 0 saturated heterocycles. The summed E-state index contributed by atoms with van der Waals surface area (Å²) in [5.74, 6) is 0. The van der Waals surface area contributed by atoms with Crippen molar-refractivity contribution in [3.8, 4) is 6.07 Å². The fourth-order valence-electron chi connectivity index (χ4n) is 2.45. The number of nitrogens with zero attached hydrogens (tertiary/aromatic N) is 3. The summed E-state index contributed by atoms with van der Waals surface area (Å²) in [5, 5.41) is 12.5. The van der Waals surface area contributed by atoms with E-state index >= 15 is 0 Å². The fraction of sp³-hybridized carbons (Fsp3) is 0.353. The van der Waals surface area contributed by atoms with E-state index in [4.69, 9.17) is 5.26 Å².